The summed E-state index contributed by atoms with van der Waals surface area (Å²) in [6, 6.07) is 20.7. The van der Waals surface area contributed by atoms with E-state index in [1.807, 2.05) is 43.3 Å². The third-order valence-electron chi connectivity index (χ3n) is 4.35. The first-order chi connectivity index (χ1) is 13.6. The fraction of sp³-hybridized carbons (Fsp3) is 0.0435. The number of carbonyl (C=O) groups is 1. The van der Waals surface area contributed by atoms with Crippen LogP contribution < -0.4 is 5.32 Å². The first kappa shape index (κ1) is 17.7. The maximum absolute atomic E-state index is 13.0. The minimum Gasteiger partial charge on any atom is -0.444 e. The molecule has 4 rings (SSSR count). The average Bonchev–Trinajstić information content (AvgIpc) is 3.20. The number of aryl methyl sites for hydroxylation is 1. The Morgan fingerprint density at radius 3 is 2.21 bits per heavy atom. The van der Waals surface area contributed by atoms with Crippen molar-refractivity contribution in [2.45, 2.75) is 6.92 Å². The summed E-state index contributed by atoms with van der Waals surface area (Å²) >= 11 is 0. The van der Waals surface area contributed by atoms with Crippen LogP contribution in [0.2, 0.25) is 0 Å². The van der Waals surface area contributed by atoms with Gasteiger partial charge in [-0.15, -0.1) is 0 Å². The highest BCUT2D eigenvalue weighted by Gasteiger charge is 2.10. The Morgan fingerprint density at radius 2 is 1.54 bits per heavy atom. The molecule has 0 radical (unpaired) electrons. The summed E-state index contributed by atoms with van der Waals surface area (Å²) in [5.41, 5.74) is 4.76. The lowest BCUT2D eigenvalue weighted by Gasteiger charge is -2.05. The van der Waals surface area contributed by atoms with Gasteiger partial charge in [-0.05, 0) is 55.5 Å². The first-order valence-corrected chi connectivity index (χ1v) is 8.78. The summed E-state index contributed by atoms with van der Waals surface area (Å²) in [4.78, 5) is 16.7. The number of anilines is 1. The van der Waals surface area contributed by atoms with Crippen molar-refractivity contribution >= 4 is 11.6 Å². The molecule has 28 heavy (non-hydrogen) atoms. The second kappa shape index (κ2) is 7.48. The predicted molar refractivity (Wildman–Crippen MR) is 106 cm³/mol. The second-order valence-corrected chi connectivity index (χ2v) is 6.44. The minimum absolute atomic E-state index is 0.300. The van der Waals surface area contributed by atoms with Crippen molar-refractivity contribution in [3.8, 4) is 22.7 Å². The standard InChI is InChI=1S/C23H17FN2O2/c1-15-2-4-16(5-3-15)21-14-28-23(26-21)18-8-12-20(13-9-18)25-22(27)17-6-10-19(24)11-7-17/h2-14H,1H3,(H,25,27). The molecule has 3 aromatic carbocycles. The van der Waals surface area contributed by atoms with Gasteiger partial charge in [0.05, 0.1) is 0 Å². The number of oxazole rings is 1. The summed E-state index contributed by atoms with van der Waals surface area (Å²) in [7, 11) is 0. The second-order valence-electron chi connectivity index (χ2n) is 6.44. The van der Waals surface area contributed by atoms with Gasteiger partial charge in [0.15, 0.2) is 0 Å². The Kier molecular flexibility index (Phi) is 4.72. The van der Waals surface area contributed by atoms with E-state index in [2.05, 4.69) is 10.3 Å². The third kappa shape index (κ3) is 3.83. The van der Waals surface area contributed by atoms with E-state index in [0.29, 0.717) is 17.1 Å². The van der Waals surface area contributed by atoms with E-state index in [-0.39, 0.29) is 11.7 Å². The number of benzene rings is 3. The van der Waals surface area contributed by atoms with E-state index in [0.717, 1.165) is 16.8 Å². The van der Waals surface area contributed by atoms with Crippen LogP contribution in [0.5, 0.6) is 0 Å². The molecule has 1 aromatic heterocycles. The topological polar surface area (TPSA) is 55.1 Å². The summed E-state index contributed by atoms with van der Waals surface area (Å²) in [5, 5.41) is 2.78. The zero-order valence-corrected chi connectivity index (χ0v) is 15.1. The molecule has 0 fully saturated rings. The van der Waals surface area contributed by atoms with Gasteiger partial charge in [-0.25, -0.2) is 9.37 Å². The number of nitrogens with zero attached hydrogens (tertiary/aromatic N) is 1. The average molecular weight is 372 g/mol. The molecule has 0 bridgehead atoms. The van der Waals surface area contributed by atoms with Gasteiger partial charge < -0.3 is 9.73 Å². The molecule has 138 valence electrons. The van der Waals surface area contributed by atoms with Gasteiger partial charge in [0.2, 0.25) is 5.89 Å². The van der Waals surface area contributed by atoms with Crippen LogP contribution in [0.15, 0.2) is 83.5 Å². The van der Waals surface area contributed by atoms with E-state index in [1.165, 1.54) is 29.8 Å². The van der Waals surface area contributed by atoms with E-state index in [4.69, 9.17) is 4.42 Å². The first-order valence-electron chi connectivity index (χ1n) is 8.78. The maximum Gasteiger partial charge on any atom is 0.255 e. The number of hydrogen-bond acceptors (Lipinski definition) is 3. The van der Waals surface area contributed by atoms with Gasteiger partial charge in [0.1, 0.15) is 17.8 Å². The molecule has 0 aliphatic heterocycles. The molecule has 4 nitrogen and oxygen atoms in total. The van der Waals surface area contributed by atoms with Crippen molar-refractivity contribution < 1.29 is 13.6 Å². The summed E-state index contributed by atoms with van der Waals surface area (Å²) in [6.07, 6.45) is 1.63. The highest BCUT2D eigenvalue weighted by molar-refractivity contribution is 6.04. The van der Waals surface area contributed by atoms with Crippen LogP contribution in [0.1, 0.15) is 15.9 Å². The molecule has 0 saturated carbocycles. The Hall–Kier alpha value is -3.73. The van der Waals surface area contributed by atoms with E-state index in [9.17, 15) is 9.18 Å². The number of nitrogens with one attached hydrogen (secondary N) is 1. The van der Waals surface area contributed by atoms with Crippen LogP contribution in [0.4, 0.5) is 10.1 Å². The molecule has 1 amide bonds. The fourth-order valence-corrected chi connectivity index (χ4v) is 2.76. The minimum atomic E-state index is -0.378. The third-order valence-corrected chi connectivity index (χ3v) is 4.35. The lowest BCUT2D eigenvalue weighted by atomic mass is 10.1. The molecule has 0 aliphatic carbocycles. The quantitative estimate of drug-likeness (QED) is 0.499. The molecule has 0 unspecified atom stereocenters. The van der Waals surface area contributed by atoms with Crippen molar-refractivity contribution in [3.63, 3.8) is 0 Å². The van der Waals surface area contributed by atoms with Crippen LogP contribution in [-0.4, -0.2) is 10.9 Å². The number of hydrogen-bond donors (Lipinski definition) is 1. The maximum atomic E-state index is 13.0. The largest absolute Gasteiger partial charge is 0.444 e. The molecule has 5 heteroatoms. The molecule has 0 atom stereocenters. The van der Waals surface area contributed by atoms with Crippen molar-refractivity contribution in [3.05, 3.63) is 96.0 Å². The van der Waals surface area contributed by atoms with Gasteiger partial charge in [-0.1, -0.05) is 29.8 Å². The molecule has 1 N–H and O–H groups in total. The van der Waals surface area contributed by atoms with Crippen LogP contribution >= 0.6 is 0 Å². The van der Waals surface area contributed by atoms with Gasteiger partial charge >= 0.3 is 0 Å². The highest BCUT2D eigenvalue weighted by Crippen LogP contribution is 2.26. The number of rotatable bonds is 4. The number of aromatic nitrogens is 1. The smallest absolute Gasteiger partial charge is 0.255 e. The van der Waals surface area contributed by atoms with Crippen molar-refractivity contribution in [2.24, 2.45) is 0 Å². The summed E-state index contributed by atoms with van der Waals surface area (Å²) in [5.74, 6) is -0.172. The Labute approximate surface area is 161 Å². The van der Waals surface area contributed by atoms with Gasteiger partial charge in [-0.3, -0.25) is 4.79 Å². The molecule has 0 spiro atoms. The Morgan fingerprint density at radius 1 is 0.893 bits per heavy atom. The number of amides is 1. The van der Waals surface area contributed by atoms with E-state index in [1.54, 1.807) is 18.4 Å². The lowest BCUT2D eigenvalue weighted by molar-refractivity contribution is 0.102. The number of halogens is 1. The normalized spacial score (nSPS) is 10.6. The zero-order chi connectivity index (χ0) is 19.5. The van der Waals surface area contributed by atoms with E-state index >= 15 is 0 Å². The monoisotopic (exact) mass is 372 g/mol. The molecule has 4 aromatic rings. The Balaban J connectivity index is 1.48. The summed E-state index contributed by atoms with van der Waals surface area (Å²) < 4.78 is 18.6. The van der Waals surface area contributed by atoms with E-state index < -0.39 is 0 Å². The van der Waals surface area contributed by atoms with Crippen LogP contribution in [0, 0.1) is 12.7 Å². The van der Waals surface area contributed by atoms with Crippen molar-refractivity contribution in [2.75, 3.05) is 5.32 Å². The highest BCUT2D eigenvalue weighted by atomic mass is 19.1. The zero-order valence-electron chi connectivity index (χ0n) is 15.1. The van der Waals surface area contributed by atoms with Crippen LogP contribution in [0.3, 0.4) is 0 Å². The fourth-order valence-electron chi connectivity index (χ4n) is 2.76. The molecular weight excluding hydrogens is 355 g/mol. The molecule has 0 saturated heterocycles. The number of carbonyl (C=O) groups excluding carboxylic acids is 1. The predicted octanol–water partition coefficient (Wildman–Crippen LogP) is 5.71. The molecular formula is C23H17FN2O2. The van der Waals surface area contributed by atoms with Crippen molar-refractivity contribution in [1.29, 1.82) is 0 Å². The lowest BCUT2D eigenvalue weighted by Crippen LogP contribution is -2.11. The van der Waals surface area contributed by atoms with Crippen molar-refractivity contribution in [1.82, 2.24) is 4.98 Å². The van der Waals surface area contributed by atoms with Crippen LogP contribution in [-0.2, 0) is 0 Å². The van der Waals surface area contributed by atoms with Gasteiger partial charge in [0, 0.05) is 22.4 Å². The molecule has 1 heterocycles. The Bertz CT molecular complexity index is 1100. The van der Waals surface area contributed by atoms with Gasteiger partial charge in [-0.2, -0.15) is 0 Å². The van der Waals surface area contributed by atoms with Crippen LogP contribution in [0.25, 0.3) is 22.7 Å². The molecule has 0 aliphatic rings. The summed E-state index contributed by atoms with van der Waals surface area (Å²) in [6.45, 7) is 2.04. The SMILES string of the molecule is Cc1ccc(-c2coc(-c3ccc(NC(=O)c4ccc(F)cc4)cc3)n2)cc1. The van der Waals surface area contributed by atoms with Gasteiger partial charge in [0.25, 0.3) is 5.91 Å².